The third-order valence-corrected chi connectivity index (χ3v) is 9.49. The van der Waals surface area contributed by atoms with Gasteiger partial charge in [-0.25, -0.2) is 4.90 Å². The third kappa shape index (κ3) is 7.91. The number of carbonyl (C=O) groups is 4. The van der Waals surface area contributed by atoms with Crippen molar-refractivity contribution < 1.29 is 50.3 Å². The maximum absolute atomic E-state index is 15.3. The number of halogens is 6. The zero-order valence-electron chi connectivity index (χ0n) is 30.9. The summed E-state index contributed by atoms with van der Waals surface area (Å²) in [6.07, 6.45) is -1.40. The van der Waals surface area contributed by atoms with Crippen LogP contribution >= 0.6 is 0 Å². The van der Waals surface area contributed by atoms with Crippen LogP contribution in [0.2, 0.25) is 0 Å². The molecule has 294 valence electrons. The number of hydrogen-bond acceptors (Lipinski definition) is 5. The fourth-order valence-electron chi connectivity index (χ4n) is 6.60. The van der Waals surface area contributed by atoms with Crippen LogP contribution < -0.4 is 20.3 Å². The highest BCUT2D eigenvalue weighted by Crippen LogP contribution is 2.57. The Labute approximate surface area is 324 Å². The van der Waals surface area contributed by atoms with Crippen molar-refractivity contribution in [1.82, 2.24) is 5.32 Å². The van der Waals surface area contributed by atoms with Crippen molar-refractivity contribution in [2.24, 2.45) is 11.8 Å². The highest BCUT2D eigenvalue weighted by atomic mass is 19.4. The number of rotatable bonds is 8. The number of aryl methyl sites for hydroxylation is 2. The molecule has 57 heavy (non-hydrogen) atoms. The average Bonchev–Trinajstić information content (AvgIpc) is 3.41. The Hall–Kier alpha value is -6.62. The van der Waals surface area contributed by atoms with Gasteiger partial charge in [-0.3, -0.25) is 19.2 Å². The summed E-state index contributed by atoms with van der Waals surface area (Å²) in [4.78, 5) is 52.3. The van der Waals surface area contributed by atoms with Gasteiger partial charge in [-0.1, -0.05) is 48.6 Å². The zero-order chi connectivity index (χ0) is 41.9. The zero-order valence-corrected chi connectivity index (χ0v) is 30.9. The molecule has 4 aromatic rings. The van der Waals surface area contributed by atoms with Gasteiger partial charge in [-0.15, -0.1) is 12.3 Å². The SMILES string of the molecule is C#CC.CNC(=O)c1ccc(Oc2ccc(C(=O)Nc3cc(C(c4ccc(C)c(N5C(=O)C6C=CC=CC6C5=O)c4)(C(F)(F)F)C(F)(F)F)ccc3C)cc2)cc1. The highest BCUT2D eigenvalue weighted by molar-refractivity contribution is 6.23. The lowest BCUT2D eigenvalue weighted by Crippen LogP contribution is -2.55. The van der Waals surface area contributed by atoms with Gasteiger partial charge in [0.2, 0.25) is 17.2 Å². The molecule has 1 saturated heterocycles. The predicted molar refractivity (Wildman–Crippen MR) is 202 cm³/mol. The minimum absolute atomic E-state index is 0.0217. The van der Waals surface area contributed by atoms with Crippen molar-refractivity contribution >= 4 is 35.0 Å². The molecule has 2 atom stereocenters. The molecule has 2 unspecified atom stereocenters. The van der Waals surface area contributed by atoms with Gasteiger partial charge >= 0.3 is 12.4 Å². The predicted octanol–water partition coefficient (Wildman–Crippen LogP) is 8.99. The topological polar surface area (TPSA) is 105 Å². The fourth-order valence-corrected chi connectivity index (χ4v) is 6.60. The monoisotopic (exact) mass is 787 g/mol. The van der Waals surface area contributed by atoms with E-state index < -0.39 is 64.1 Å². The van der Waals surface area contributed by atoms with E-state index in [0.29, 0.717) is 46.2 Å². The summed E-state index contributed by atoms with van der Waals surface area (Å²) in [5.74, 6) is -1.60. The number of terminal acetylenes is 1. The van der Waals surface area contributed by atoms with Crippen LogP contribution in [0.3, 0.4) is 0 Å². The number of allylic oxidation sites excluding steroid dienone is 2. The molecule has 0 aromatic heterocycles. The van der Waals surface area contributed by atoms with E-state index in [1.807, 2.05) is 0 Å². The summed E-state index contributed by atoms with van der Waals surface area (Å²) in [5.41, 5.74) is -7.17. The van der Waals surface area contributed by atoms with Crippen LogP contribution in [0.4, 0.5) is 37.7 Å². The van der Waals surface area contributed by atoms with Gasteiger partial charge in [0, 0.05) is 23.9 Å². The van der Waals surface area contributed by atoms with E-state index in [9.17, 15) is 19.2 Å². The van der Waals surface area contributed by atoms with Crippen molar-refractivity contribution in [3.63, 3.8) is 0 Å². The van der Waals surface area contributed by atoms with Crippen LogP contribution in [0.25, 0.3) is 0 Å². The largest absolute Gasteiger partial charge is 0.457 e. The molecule has 2 N–H and O–H groups in total. The van der Waals surface area contributed by atoms with Crippen molar-refractivity contribution in [2.45, 2.75) is 38.5 Å². The van der Waals surface area contributed by atoms with E-state index in [0.717, 1.165) is 12.1 Å². The molecule has 0 radical (unpaired) electrons. The fraction of sp³-hybridized carbons (Fsp3) is 0.209. The summed E-state index contributed by atoms with van der Waals surface area (Å²) in [5, 5.41) is 4.93. The minimum atomic E-state index is -5.99. The molecule has 0 bridgehead atoms. The average molecular weight is 788 g/mol. The lowest BCUT2D eigenvalue weighted by atomic mass is 9.72. The molecule has 1 aliphatic heterocycles. The first-order valence-corrected chi connectivity index (χ1v) is 17.3. The Kier molecular flexibility index (Phi) is 11.8. The number of amides is 4. The second-order valence-corrected chi connectivity index (χ2v) is 13.1. The second-order valence-electron chi connectivity index (χ2n) is 13.1. The number of hydrogen-bond donors (Lipinski definition) is 2. The van der Waals surface area contributed by atoms with E-state index in [1.54, 1.807) is 31.2 Å². The Morgan fingerprint density at radius 2 is 1.14 bits per heavy atom. The first-order valence-electron chi connectivity index (χ1n) is 17.3. The van der Waals surface area contributed by atoms with Crippen molar-refractivity contribution in [2.75, 3.05) is 17.3 Å². The molecule has 1 fully saturated rings. The van der Waals surface area contributed by atoms with Gasteiger partial charge in [0.05, 0.1) is 17.5 Å². The number of benzene rings is 4. The van der Waals surface area contributed by atoms with E-state index >= 15 is 26.3 Å². The number of fused-ring (bicyclic) bond motifs is 1. The molecule has 1 aliphatic carbocycles. The lowest BCUT2D eigenvalue weighted by molar-refractivity contribution is -0.288. The molecule has 1 heterocycles. The van der Waals surface area contributed by atoms with E-state index in [-0.39, 0.29) is 28.3 Å². The molecule has 0 spiro atoms. The summed E-state index contributed by atoms with van der Waals surface area (Å²) < 4.78 is 97.4. The number of carbonyl (C=O) groups excluding carboxylic acids is 4. The summed E-state index contributed by atoms with van der Waals surface area (Å²) in [6.45, 7) is 4.44. The maximum Gasteiger partial charge on any atom is 0.411 e. The van der Waals surface area contributed by atoms with Gasteiger partial charge in [-0.05, 0) is 104 Å². The number of nitrogens with one attached hydrogen (secondary N) is 2. The highest BCUT2D eigenvalue weighted by Gasteiger charge is 2.72. The van der Waals surface area contributed by atoms with Crippen LogP contribution in [-0.4, -0.2) is 43.0 Å². The molecule has 2 aliphatic rings. The molecule has 0 saturated carbocycles. The van der Waals surface area contributed by atoms with Crippen molar-refractivity contribution in [3.8, 4) is 23.8 Å². The Bertz CT molecular complexity index is 2260. The molecule has 4 amide bonds. The third-order valence-electron chi connectivity index (χ3n) is 9.49. The molecular weight excluding hydrogens is 752 g/mol. The van der Waals surface area contributed by atoms with E-state index in [4.69, 9.17) is 4.74 Å². The normalized spacial score (nSPS) is 16.3. The smallest absolute Gasteiger partial charge is 0.411 e. The van der Waals surface area contributed by atoms with Gasteiger partial charge in [0.25, 0.3) is 11.8 Å². The van der Waals surface area contributed by atoms with Crippen LogP contribution in [0.5, 0.6) is 11.5 Å². The van der Waals surface area contributed by atoms with E-state index in [1.165, 1.54) is 69.5 Å². The quantitative estimate of drug-likeness (QED) is 0.105. The summed E-state index contributed by atoms with van der Waals surface area (Å²) in [7, 11) is 1.49. The number of ether oxygens (including phenoxy) is 1. The maximum atomic E-state index is 15.3. The Balaban J connectivity index is 0.00000200. The minimum Gasteiger partial charge on any atom is -0.457 e. The van der Waals surface area contributed by atoms with Crippen LogP contribution in [0, 0.1) is 38.0 Å². The second kappa shape index (κ2) is 16.2. The Morgan fingerprint density at radius 1 is 0.702 bits per heavy atom. The number of anilines is 2. The standard InChI is InChI=1S/C40H31F6N3O5.C3H4/c1-22-8-14-26(20-32(22)48-35(51)25-12-18-29(19-13-25)54-28-16-10-24(11-17-28)34(50)47-3)38(39(41,42)43,40(44,45)46)27-15-9-23(2)33(21-27)49-36(52)30-6-4-5-7-31(30)37(49)53;1-3-2/h4-21,30-31H,1-3H3,(H,47,50)(H,48,51);1H,2H3. The number of alkyl halides is 6. The summed E-state index contributed by atoms with van der Waals surface area (Å²) >= 11 is 0. The van der Waals surface area contributed by atoms with Crippen LogP contribution in [-0.2, 0) is 15.0 Å². The molecule has 8 nitrogen and oxygen atoms in total. The van der Waals surface area contributed by atoms with E-state index in [2.05, 4.69) is 23.0 Å². The first kappa shape index (κ1) is 41.5. The van der Waals surface area contributed by atoms with Gasteiger partial charge < -0.3 is 15.4 Å². The van der Waals surface area contributed by atoms with Gasteiger partial charge in [-0.2, -0.15) is 26.3 Å². The molecule has 14 heteroatoms. The van der Waals surface area contributed by atoms with Gasteiger partial charge in [0.15, 0.2) is 0 Å². The Morgan fingerprint density at radius 3 is 1.60 bits per heavy atom. The van der Waals surface area contributed by atoms with Crippen LogP contribution in [0.1, 0.15) is 49.9 Å². The molecule has 6 rings (SSSR count). The van der Waals surface area contributed by atoms with Gasteiger partial charge in [0.1, 0.15) is 11.5 Å². The van der Waals surface area contributed by atoms with Crippen LogP contribution in [0.15, 0.2) is 109 Å². The summed E-state index contributed by atoms with van der Waals surface area (Å²) in [6, 6.07) is 16.4. The van der Waals surface area contributed by atoms with Crippen molar-refractivity contribution in [1.29, 1.82) is 0 Å². The van der Waals surface area contributed by atoms with Crippen molar-refractivity contribution in [3.05, 3.63) is 143 Å². The molecular formula is C43H35F6N3O5. The number of imide groups is 1. The first-order chi connectivity index (χ1) is 26.9. The number of nitrogens with zero attached hydrogens (tertiary/aromatic N) is 1. The molecule has 4 aromatic carbocycles. The lowest BCUT2D eigenvalue weighted by Gasteiger charge is -2.39.